The molecule has 22 heavy (non-hydrogen) atoms. The van der Waals surface area contributed by atoms with Crippen LogP contribution < -0.4 is 5.32 Å². The van der Waals surface area contributed by atoms with Crippen LogP contribution in [-0.4, -0.2) is 18.3 Å². The fourth-order valence-electron chi connectivity index (χ4n) is 2.02. The molecule has 0 saturated heterocycles. The van der Waals surface area contributed by atoms with E-state index in [4.69, 9.17) is 4.74 Å². The SMILES string of the molecule is COCc1cccc(NC(=O)C(C)SCc2ccccc2)c1. The molecular formula is C18H21NO2S. The van der Waals surface area contributed by atoms with E-state index in [1.807, 2.05) is 49.4 Å². The lowest BCUT2D eigenvalue weighted by Gasteiger charge is -2.13. The third kappa shape index (κ3) is 5.20. The Hall–Kier alpha value is -1.78. The van der Waals surface area contributed by atoms with Gasteiger partial charge in [0.1, 0.15) is 0 Å². The molecular weight excluding hydrogens is 294 g/mol. The summed E-state index contributed by atoms with van der Waals surface area (Å²) in [5, 5.41) is 2.86. The molecule has 1 atom stereocenters. The number of ether oxygens (including phenoxy) is 1. The summed E-state index contributed by atoms with van der Waals surface area (Å²) in [5.41, 5.74) is 3.09. The molecule has 0 saturated carbocycles. The van der Waals surface area contributed by atoms with Gasteiger partial charge in [-0.2, -0.15) is 0 Å². The molecule has 0 aliphatic carbocycles. The van der Waals surface area contributed by atoms with Crippen molar-refractivity contribution >= 4 is 23.4 Å². The molecule has 0 heterocycles. The predicted molar refractivity (Wildman–Crippen MR) is 93.0 cm³/mol. The van der Waals surface area contributed by atoms with E-state index in [2.05, 4.69) is 17.4 Å². The van der Waals surface area contributed by atoms with Crippen molar-refractivity contribution in [1.29, 1.82) is 0 Å². The van der Waals surface area contributed by atoms with Gasteiger partial charge in [-0.05, 0) is 30.2 Å². The first-order valence-corrected chi connectivity index (χ1v) is 8.28. The first-order valence-electron chi connectivity index (χ1n) is 7.23. The standard InChI is InChI=1S/C18H21NO2S/c1-14(22-13-15-7-4-3-5-8-15)18(20)19-17-10-6-9-16(11-17)12-21-2/h3-11,14H,12-13H2,1-2H3,(H,19,20). The molecule has 1 amide bonds. The molecule has 3 nitrogen and oxygen atoms in total. The fraction of sp³-hybridized carbons (Fsp3) is 0.278. The summed E-state index contributed by atoms with van der Waals surface area (Å²) in [6.07, 6.45) is 0. The van der Waals surface area contributed by atoms with Crippen molar-refractivity contribution in [2.24, 2.45) is 0 Å². The molecule has 0 radical (unpaired) electrons. The van der Waals surface area contributed by atoms with E-state index in [0.29, 0.717) is 6.61 Å². The van der Waals surface area contributed by atoms with Gasteiger partial charge in [0.25, 0.3) is 0 Å². The second-order valence-electron chi connectivity index (χ2n) is 5.06. The highest BCUT2D eigenvalue weighted by Crippen LogP contribution is 2.19. The maximum atomic E-state index is 12.2. The number of hydrogen-bond donors (Lipinski definition) is 1. The van der Waals surface area contributed by atoms with Crippen molar-refractivity contribution < 1.29 is 9.53 Å². The Balaban J connectivity index is 1.87. The van der Waals surface area contributed by atoms with Crippen LogP contribution >= 0.6 is 11.8 Å². The lowest BCUT2D eigenvalue weighted by atomic mass is 10.2. The highest BCUT2D eigenvalue weighted by molar-refractivity contribution is 7.99. The van der Waals surface area contributed by atoms with Crippen molar-refractivity contribution in [3.8, 4) is 0 Å². The Kier molecular flexibility index (Phi) is 6.49. The minimum atomic E-state index is -0.105. The van der Waals surface area contributed by atoms with E-state index in [0.717, 1.165) is 17.0 Å². The Labute approximate surface area is 136 Å². The van der Waals surface area contributed by atoms with Gasteiger partial charge in [0.05, 0.1) is 11.9 Å². The van der Waals surface area contributed by atoms with Gasteiger partial charge in [-0.3, -0.25) is 4.79 Å². The van der Waals surface area contributed by atoms with Gasteiger partial charge < -0.3 is 10.1 Å². The Morgan fingerprint density at radius 3 is 2.59 bits per heavy atom. The zero-order valence-electron chi connectivity index (χ0n) is 12.9. The number of benzene rings is 2. The van der Waals surface area contributed by atoms with Gasteiger partial charge in [0.2, 0.25) is 5.91 Å². The van der Waals surface area contributed by atoms with E-state index in [9.17, 15) is 4.79 Å². The van der Waals surface area contributed by atoms with E-state index in [1.165, 1.54) is 5.56 Å². The van der Waals surface area contributed by atoms with Gasteiger partial charge in [-0.15, -0.1) is 11.8 Å². The topological polar surface area (TPSA) is 38.3 Å². The van der Waals surface area contributed by atoms with Gasteiger partial charge in [0.15, 0.2) is 0 Å². The van der Waals surface area contributed by atoms with Crippen LogP contribution in [0.1, 0.15) is 18.1 Å². The quantitative estimate of drug-likeness (QED) is 0.836. The molecule has 2 rings (SSSR count). The zero-order chi connectivity index (χ0) is 15.8. The van der Waals surface area contributed by atoms with Crippen LogP contribution in [0.4, 0.5) is 5.69 Å². The van der Waals surface area contributed by atoms with Crippen LogP contribution in [-0.2, 0) is 21.9 Å². The molecule has 0 bridgehead atoms. The second-order valence-corrected chi connectivity index (χ2v) is 6.39. The van der Waals surface area contributed by atoms with Crippen LogP contribution in [0.5, 0.6) is 0 Å². The van der Waals surface area contributed by atoms with Gasteiger partial charge >= 0.3 is 0 Å². The van der Waals surface area contributed by atoms with Crippen molar-refractivity contribution in [1.82, 2.24) is 0 Å². The molecule has 116 valence electrons. The van der Waals surface area contributed by atoms with Gasteiger partial charge in [0, 0.05) is 18.6 Å². The molecule has 0 spiro atoms. The molecule has 0 aliphatic heterocycles. The lowest BCUT2D eigenvalue weighted by molar-refractivity contribution is -0.115. The van der Waals surface area contributed by atoms with Gasteiger partial charge in [-0.1, -0.05) is 42.5 Å². The van der Waals surface area contributed by atoms with Crippen molar-refractivity contribution in [3.63, 3.8) is 0 Å². The number of methoxy groups -OCH3 is 1. The largest absolute Gasteiger partial charge is 0.380 e. The maximum absolute atomic E-state index is 12.2. The molecule has 1 N–H and O–H groups in total. The Morgan fingerprint density at radius 1 is 1.14 bits per heavy atom. The zero-order valence-corrected chi connectivity index (χ0v) is 13.7. The van der Waals surface area contributed by atoms with Crippen molar-refractivity contribution in [2.45, 2.75) is 24.5 Å². The lowest BCUT2D eigenvalue weighted by Crippen LogP contribution is -2.22. The van der Waals surface area contributed by atoms with Crippen LogP contribution in [0.2, 0.25) is 0 Å². The summed E-state index contributed by atoms with van der Waals surface area (Å²) in [7, 11) is 1.66. The van der Waals surface area contributed by atoms with Crippen molar-refractivity contribution in [2.75, 3.05) is 12.4 Å². The average molecular weight is 315 g/mol. The van der Waals surface area contributed by atoms with E-state index in [1.54, 1.807) is 18.9 Å². The number of thioether (sulfide) groups is 1. The highest BCUT2D eigenvalue weighted by Gasteiger charge is 2.13. The normalized spacial score (nSPS) is 11.9. The third-order valence-corrected chi connectivity index (χ3v) is 4.43. The fourth-order valence-corrected chi connectivity index (χ4v) is 2.87. The second kappa shape index (κ2) is 8.61. The predicted octanol–water partition coefficient (Wildman–Crippen LogP) is 4.09. The molecule has 2 aromatic rings. The van der Waals surface area contributed by atoms with E-state index in [-0.39, 0.29) is 11.2 Å². The summed E-state index contributed by atoms with van der Waals surface area (Å²) in [6.45, 7) is 2.48. The minimum Gasteiger partial charge on any atom is -0.380 e. The molecule has 0 aromatic heterocycles. The van der Waals surface area contributed by atoms with E-state index < -0.39 is 0 Å². The van der Waals surface area contributed by atoms with E-state index >= 15 is 0 Å². The molecule has 2 aromatic carbocycles. The summed E-state index contributed by atoms with van der Waals surface area (Å²) in [4.78, 5) is 12.2. The highest BCUT2D eigenvalue weighted by atomic mass is 32.2. The molecule has 1 unspecified atom stereocenters. The number of carbonyl (C=O) groups excluding carboxylic acids is 1. The first kappa shape index (κ1) is 16.6. The molecule has 0 aliphatic rings. The third-order valence-electron chi connectivity index (χ3n) is 3.22. The monoisotopic (exact) mass is 315 g/mol. The number of amides is 1. The van der Waals surface area contributed by atoms with Crippen LogP contribution in [0.3, 0.4) is 0 Å². The van der Waals surface area contributed by atoms with Crippen LogP contribution in [0.25, 0.3) is 0 Å². The smallest absolute Gasteiger partial charge is 0.237 e. The summed E-state index contributed by atoms with van der Waals surface area (Å²) in [6, 6.07) is 17.9. The number of anilines is 1. The Bertz CT molecular complexity index is 601. The van der Waals surface area contributed by atoms with Gasteiger partial charge in [-0.25, -0.2) is 0 Å². The van der Waals surface area contributed by atoms with Crippen LogP contribution in [0, 0.1) is 0 Å². The number of nitrogens with one attached hydrogen (secondary N) is 1. The summed E-state index contributed by atoms with van der Waals surface area (Å²) >= 11 is 1.63. The molecule has 0 fully saturated rings. The first-order chi connectivity index (χ1) is 10.7. The van der Waals surface area contributed by atoms with Crippen molar-refractivity contribution in [3.05, 3.63) is 65.7 Å². The number of hydrogen-bond acceptors (Lipinski definition) is 3. The average Bonchev–Trinajstić information content (AvgIpc) is 2.54. The number of carbonyl (C=O) groups is 1. The maximum Gasteiger partial charge on any atom is 0.237 e. The minimum absolute atomic E-state index is 0.0236. The molecule has 4 heteroatoms. The van der Waals surface area contributed by atoms with Crippen LogP contribution in [0.15, 0.2) is 54.6 Å². The summed E-state index contributed by atoms with van der Waals surface area (Å²) < 4.78 is 5.11. The number of rotatable bonds is 7. The summed E-state index contributed by atoms with van der Waals surface area (Å²) in [5.74, 6) is 0.856. The Morgan fingerprint density at radius 2 is 1.86 bits per heavy atom.